The minimum absolute atomic E-state index is 0.0573. The third kappa shape index (κ3) is 4.36. The van der Waals surface area contributed by atoms with Crippen molar-refractivity contribution in [2.75, 3.05) is 11.8 Å². The number of hydrogen-bond donors (Lipinski definition) is 1. The quantitative estimate of drug-likeness (QED) is 0.414. The lowest BCUT2D eigenvalue weighted by molar-refractivity contribution is 0.382. The van der Waals surface area contributed by atoms with E-state index in [0.717, 1.165) is 0 Å². The number of ether oxygens (including phenoxy) is 1. The van der Waals surface area contributed by atoms with E-state index in [4.69, 9.17) is 13.8 Å². The van der Waals surface area contributed by atoms with Crippen LogP contribution >= 0.6 is 15.9 Å². The van der Waals surface area contributed by atoms with Crippen LogP contribution in [0.15, 0.2) is 73.1 Å². The van der Waals surface area contributed by atoms with Gasteiger partial charge in [0.15, 0.2) is 5.82 Å². The number of sulfonamides is 1. The van der Waals surface area contributed by atoms with Crippen LogP contribution in [0, 0.1) is 0 Å². The summed E-state index contributed by atoms with van der Waals surface area (Å²) in [5, 5.41) is 7.52. The van der Waals surface area contributed by atoms with Gasteiger partial charge in [0.1, 0.15) is 11.5 Å². The molecule has 0 atom stereocenters. The Labute approximate surface area is 180 Å². The van der Waals surface area contributed by atoms with Crippen LogP contribution < -0.4 is 9.46 Å². The minimum Gasteiger partial charge on any atom is -0.496 e. The summed E-state index contributed by atoms with van der Waals surface area (Å²) in [6.07, 6.45) is 1.84. The average Bonchev–Trinajstić information content (AvgIpc) is 3.41. The molecule has 0 unspecified atom stereocenters. The van der Waals surface area contributed by atoms with Crippen molar-refractivity contribution in [3.63, 3.8) is 0 Å². The summed E-state index contributed by atoms with van der Waals surface area (Å²) >= 11 is 3.34. The van der Waals surface area contributed by atoms with Gasteiger partial charge in [0.05, 0.1) is 34.8 Å². The second-order valence-electron chi connectivity index (χ2n) is 6.15. The largest absolute Gasteiger partial charge is 0.496 e. The molecule has 4 aromatic rings. The number of nitrogens with zero attached hydrogens (tertiary/aromatic N) is 3. The van der Waals surface area contributed by atoms with E-state index in [9.17, 15) is 8.42 Å². The summed E-state index contributed by atoms with van der Waals surface area (Å²) in [5.74, 6) is 1.79. The van der Waals surface area contributed by atoms with Crippen molar-refractivity contribution < 1.29 is 22.2 Å². The van der Waals surface area contributed by atoms with Crippen LogP contribution in [0.2, 0.25) is 0 Å². The third-order valence-corrected chi connectivity index (χ3v) is 6.09. The van der Waals surface area contributed by atoms with Crippen molar-refractivity contribution >= 4 is 31.6 Å². The van der Waals surface area contributed by atoms with Gasteiger partial charge < -0.3 is 13.8 Å². The number of rotatable bonds is 7. The highest BCUT2D eigenvalue weighted by molar-refractivity contribution is 9.10. The molecular weight excluding hydrogens is 476 g/mol. The fourth-order valence-corrected chi connectivity index (χ4v) is 4.31. The lowest BCUT2D eigenvalue weighted by Gasteiger charge is -2.10. The van der Waals surface area contributed by atoms with E-state index in [0.29, 0.717) is 39.5 Å². The van der Waals surface area contributed by atoms with E-state index >= 15 is 0 Å². The SMILES string of the molecule is COc1ccc(NS(=O)(=O)c2cccc(-c3nc(Cc4ccno4)no3)c2)cc1Br. The fraction of sp³-hybridized carbons (Fsp3) is 0.105. The van der Waals surface area contributed by atoms with Crippen molar-refractivity contribution in [2.24, 2.45) is 0 Å². The molecule has 0 aliphatic rings. The van der Waals surface area contributed by atoms with Crippen LogP contribution in [0.4, 0.5) is 5.69 Å². The average molecular weight is 491 g/mol. The Morgan fingerprint density at radius 1 is 1.13 bits per heavy atom. The van der Waals surface area contributed by atoms with Gasteiger partial charge in [-0.05, 0) is 52.3 Å². The van der Waals surface area contributed by atoms with Gasteiger partial charge in [0.25, 0.3) is 15.9 Å². The molecule has 2 aromatic heterocycles. The lowest BCUT2D eigenvalue weighted by Crippen LogP contribution is -2.13. The highest BCUT2D eigenvalue weighted by Crippen LogP contribution is 2.29. The molecule has 154 valence electrons. The van der Waals surface area contributed by atoms with Crippen LogP contribution in [-0.4, -0.2) is 30.8 Å². The van der Waals surface area contributed by atoms with Crippen molar-refractivity contribution in [1.29, 1.82) is 0 Å². The Hall–Kier alpha value is -3.18. The Morgan fingerprint density at radius 3 is 2.73 bits per heavy atom. The molecule has 0 fully saturated rings. The van der Waals surface area contributed by atoms with Gasteiger partial charge in [-0.25, -0.2) is 8.42 Å². The second-order valence-corrected chi connectivity index (χ2v) is 8.69. The van der Waals surface area contributed by atoms with Crippen LogP contribution in [0.1, 0.15) is 11.6 Å². The predicted octanol–water partition coefficient (Wildman–Crippen LogP) is 3.89. The van der Waals surface area contributed by atoms with Crippen LogP contribution in [-0.2, 0) is 16.4 Å². The number of halogens is 1. The first kappa shape index (κ1) is 20.1. The Bertz CT molecular complexity index is 1270. The predicted molar refractivity (Wildman–Crippen MR) is 111 cm³/mol. The molecule has 0 spiro atoms. The van der Waals surface area contributed by atoms with E-state index in [1.165, 1.54) is 25.4 Å². The van der Waals surface area contributed by atoms with Gasteiger partial charge in [-0.15, -0.1) is 0 Å². The van der Waals surface area contributed by atoms with E-state index in [1.54, 1.807) is 36.4 Å². The zero-order valence-corrected chi connectivity index (χ0v) is 18.0. The Balaban J connectivity index is 1.56. The first-order chi connectivity index (χ1) is 14.4. The van der Waals surface area contributed by atoms with Gasteiger partial charge >= 0.3 is 0 Å². The molecule has 0 amide bonds. The second kappa shape index (κ2) is 8.28. The third-order valence-electron chi connectivity index (χ3n) is 4.09. The monoisotopic (exact) mass is 490 g/mol. The van der Waals surface area contributed by atoms with E-state index in [1.807, 2.05) is 0 Å². The standard InChI is InChI=1S/C19H15BrN4O5S/c1-27-17-6-5-13(10-16(17)20)24-30(25,26)15-4-2-3-12(9-15)19-22-18(23-29-19)11-14-7-8-21-28-14/h2-10,24H,11H2,1H3. The molecule has 30 heavy (non-hydrogen) atoms. The lowest BCUT2D eigenvalue weighted by atomic mass is 10.2. The number of hydrogen-bond acceptors (Lipinski definition) is 8. The van der Waals surface area contributed by atoms with Gasteiger partial charge in [-0.3, -0.25) is 4.72 Å². The fourth-order valence-electron chi connectivity index (χ4n) is 2.67. The number of aromatic nitrogens is 3. The molecule has 2 aromatic carbocycles. The van der Waals surface area contributed by atoms with Crippen LogP contribution in [0.25, 0.3) is 11.5 Å². The number of methoxy groups -OCH3 is 1. The van der Waals surface area contributed by atoms with Crippen molar-refractivity contribution in [1.82, 2.24) is 15.3 Å². The summed E-state index contributed by atoms with van der Waals surface area (Å²) < 4.78 is 44.3. The maximum Gasteiger partial charge on any atom is 0.261 e. The topological polar surface area (TPSA) is 120 Å². The van der Waals surface area contributed by atoms with E-state index in [2.05, 4.69) is 35.9 Å². The highest BCUT2D eigenvalue weighted by atomic mass is 79.9. The van der Waals surface area contributed by atoms with Gasteiger partial charge in [0, 0.05) is 11.6 Å². The molecule has 0 aliphatic heterocycles. The van der Waals surface area contributed by atoms with Crippen molar-refractivity contribution in [3.05, 3.63) is 70.8 Å². The molecule has 0 aliphatic carbocycles. The van der Waals surface area contributed by atoms with Gasteiger partial charge in [-0.1, -0.05) is 16.4 Å². The zero-order valence-electron chi connectivity index (χ0n) is 15.6. The highest BCUT2D eigenvalue weighted by Gasteiger charge is 2.18. The molecule has 11 heteroatoms. The summed E-state index contributed by atoms with van der Waals surface area (Å²) in [6, 6.07) is 12.8. The van der Waals surface area contributed by atoms with Crippen molar-refractivity contribution in [2.45, 2.75) is 11.3 Å². The molecule has 0 radical (unpaired) electrons. The summed E-state index contributed by atoms with van der Waals surface area (Å²) in [4.78, 5) is 4.35. The smallest absolute Gasteiger partial charge is 0.261 e. The summed E-state index contributed by atoms with van der Waals surface area (Å²) in [6.45, 7) is 0. The molecular formula is C19H15BrN4O5S. The van der Waals surface area contributed by atoms with Crippen LogP contribution in [0.3, 0.4) is 0 Å². The Morgan fingerprint density at radius 2 is 2.00 bits per heavy atom. The molecule has 0 saturated heterocycles. The first-order valence-electron chi connectivity index (χ1n) is 8.63. The summed E-state index contributed by atoms with van der Waals surface area (Å²) in [7, 11) is -2.31. The number of anilines is 1. The number of benzene rings is 2. The molecule has 0 saturated carbocycles. The Kier molecular flexibility index (Phi) is 5.55. The zero-order chi connectivity index (χ0) is 21.1. The molecule has 1 N–H and O–H groups in total. The van der Waals surface area contributed by atoms with Gasteiger partial charge in [0.2, 0.25) is 0 Å². The molecule has 2 heterocycles. The summed E-state index contributed by atoms with van der Waals surface area (Å²) in [5.41, 5.74) is 0.866. The maximum absolute atomic E-state index is 12.8. The van der Waals surface area contributed by atoms with E-state index in [-0.39, 0.29) is 10.8 Å². The van der Waals surface area contributed by atoms with Gasteiger partial charge in [-0.2, -0.15) is 4.98 Å². The minimum atomic E-state index is -3.84. The van der Waals surface area contributed by atoms with Crippen LogP contribution in [0.5, 0.6) is 5.75 Å². The normalized spacial score (nSPS) is 11.4. The molecule has 0 bridgehead atoms. The van der Waals surface area contributed by atoms with Crippen molar-refractivity contribution in [3.8, 4) is 17.2 Å². The number of nitrogens with one attached hydrogen (secondary N) is 1. The molecule has 4 rings (SSSR count). The maximum atomic E-state index is 12.8. The van der Waals surface area contributed by atoms with E-state index < -0.39 is 10.0 Å². The first-order valence-corrected chi connectivity index (χ1v) is 10.9. The molecule has 9 nitrogen and oxygen atoms in total.